The average Bonchev–Trinajstić information content (AvgIpc) is 2.98. The largest absolute Gasteiger partial charge is 0.480 e. The Labute approximate surface area is 96.6 Å². The molecular formula is C12H21NO3. The Balaban J connectivity index is 2.28. The third-order valence-electron chi connectivity index (χ3n) is 4.01. The molecule has 1 saturated heterocycles. The number of hydrogen-bond donors (Lipinski definition) is 1. The Morgan fingerprint density at radius 1 is 1.50 bits per heavy atom. The van der Waals surface area contributed by atoms with Gasteiger partial charge in [-0.15, -0.1) is 0 Å². The number of carboxylic acid groups (broad SMARTS) is 1. The van der Waals surface area contributed by atoms with Gasteiger partial charge in [0.05, 0.1) is 13.2 Å². The number of carbonyl (C=O) groups is 1. The molecule has 1 saturated carbocycles. The SMILES string of the molecule is CC1(C)COCCN1C(C)(C(=O)O)C1CC1. The van der Waals surface area contributed by atoms with E-state index >= 15 is 0 Å². The van der Waals surface area contributed by atoms with Crippen molar-refractivity contribution in [1.29, 1.82) is 0 Å². The fourth-order valence-electron chi connectivity index (χ4n) is 2.88. The minimum Gasteiger partial charge on any atom is -0.480 e. The van der Waals surface area contributed by atoms with Gasteiger partial charge in [0, 0.05) is 12.1 Å². The Kier molecular flexibility index (Phi) is 2.75. The zero-order valence-corrected chi connectivity index (χ0v) is 10.3. The molecule has 1 aliphatic heterocycles. The highest BCUT2D eigenvalue weighted by atomic mass is 16.5. The minimum atomic E-state index is -0.715. The quantitative estimate of drug-likeness (QED) is 0.790. The lowest BCUT2D eigenvalue weighted by Gasteiger charge is -2.50. The number of aliphatic carboxylic acids is 1. The summed E-state index contributed by atoms with van der Waals surface area (Å²) in [5.74, 6) is -0.382. The summed E-state index contributed by atoms with van der Waals surface area (Å²) in [6.45, 7) is 7.97. The summed E-state index contributed by atoms with van der Waals surface area (Å²) in [6, 6.07) is 0. The molecule has 0 radical (unpaired) electrons. The fraction of sp³-hybridized carbons (Fsp3) is 0.917. The van der Waals surface area contributed by atoms with Crippen LogP contribution in [0, 0.1) is 5.92 Å². The highest BCUT2D eigenvalue weighted by Crippen LogP contribution is 2.46. The Bertz CT molecular complexity index is 299. The molecule has 0 aromatic rings. The third kappa shape index (κ3) is 1.74. The zero-order valence-electron chi connectivity index (χ0n) is 10.3. The summed E-state index contributed by atoms with van der Waals surface area (Å²) in [4.78, 5) is 13.7. The van der Waals surface area contributed by atoms with E-state index in [4.69, 9.17) is 4.74 Å². The highest BCUT2D eigenvalue weighted by Gasteiger charge is 2.55. The van der Waals surface area contributed by atoms with Gasteiger partial charge in [-0.1, -0.05) is 0 Å². The molecule has 1 N–H and O–H groups in total. The molecule has 1 atom stereocenters. The first-order valence-electron chi connectivity index (χ1n) is 5.98. The van der Waals surface area contributed by atoms with E-state index in [2.05, 4.69) is 18.7 Å². The molecule has 92 valence electrons. The number of morpholine rings is 1. The molecule has 4 heteroatoms. The van der Waals surface area contributed by atoms with Crippen molar-refractivity contribution >= 4 is 5.97 Å². The molecule has 1 heterocycles. The first kappa shape index (κ1) is 11.9. The van der Waals surface area contributed by atoms with E-state index in [1.54, 1.807) is 0 Å². The summed E-state index contributed by atoms with van der Waals surface area (Å²) in [5.41, 5.74) is -0.902. The normalized spacial score (nSPS) is 29.7. The van der Waals surface area contributed by atoms with Crippen LogP contribution in [0.4, 0.5) is 0 Å². The smallest absolute Gasteiger partial charge is 0.324 e. The van der Waals surface area contributed by atoms with Crippen LogP contribution >= 0.6 is 0 Å². The van der Waals surface area contributed by atoms with Gasteiger partial charge in [-0.2, -0.15) is 0 Å². The summed E-state index contributed by atoms with van der Waals surface area (Å²) in [6.07, 6.45) is 2.08. The van der Waals surface area contributed by atoms with E-state index in [-0.39, 0.29) is 5.54 Å². The van der Waals surface area contributed by atoms with E-state index in [1.807, 2.05) is 6.92 Å². The molecule has 0 aromatic heterocycles. The van der Waals surface area contributed by atoms with Gasteiger partial charge in [0.25, 0.3) is 0 Å². The molecule has 1 aliphatic carbocycles. The van der Waals surface area contributed by atoms with Crippen LogP contribution in [0.2, 0.25) is 0 Å². The summed E-state index contributed by atoms with van der Waals surface area (Å²) in [7, 11) is 0. The van der Waals surface area contributed by atoms with Crippen molar-refractivity contribution < 1.29 is 14.6 Å². The molecule has 1 unspecified atom stereocenters. The Morgan fingerprint density at radius 2 is 2.12 bits per heavy atom. The Morgan fingerprint density at radius 3 is 2.56 bits per heavy atom. The maximum atomic E-state index is 11.6. The van der Waals surface area contributed by atoms with Crippen LogP contribution in [0.3, 0.4) is 0 Å². The van der Waals surface area contributed by atoms with Crippen LogP contribution in [0.1, 0.15) is 33.6 Å². The standard InChI is InChI=1S/C12H21NO3/c1-11(2)8-16-7-6-13(11)12(3,10(14)15)9-4-5-9/h9H,4-8H2,1-3H3,(H,14,15). The van der Waals surface area contributed by atoms with Crippen LogP contribution < -0.4 is 0 Å². The molecule has 0 spiro atoms. The summed E-state index contributed by atoms with van der Waals surface area (Å²) >= 11 is 0. The molecule has 0 aromatic carbocycles. The molecule has 2 aliphatic rings. The van der Waals surface area contributed by atoms with Gasteiger partial charge in [-0.3, -0.25) is 9.69 Å². The maximum absolute atomic E-state index is 11.6. The third-order valence-corrected chi connectivity index (χ3v) is 4.01. The second-order valence-electron chi connectivity index (χ2n) is 5.74. The van der Waals surface area contributed by atoms with Crippen molar-refractivity contribution in [3.63, 3.8) is 0 Å². The fourth-order valence-corrected chi connectivity index (χ4v) is 2.88. The van der Waals surface area contributed by atoms with Crippen molar-refractivity contribution in [2.45, 2.75) is 44.7 Å². The predicted octanol–water partition coefficient (Wildman–Crippen LogP) is 1.35. The van der Waals surface area contributed by atoms with Gasteiger partial charge in [-0.25, -0.2) is 0 Å². The van der Waals surface area contributed by atoms with Gasteiger partial charge in [-0.05, 0) is 39.5 Å². The topological polar surface area (TPSA) is 49.8 Å². The highest BCUT2D eigenvalue weighted by molar-refractivity contribution is 5.79. The molecule has 4 nitrogen and oxygen atoms in total. The van der Waals surface area contributed by atoms with Crippen molar-refractivity contribution in [3.05, 3.63) is 0 Å². The molecule has 0 amide bonds. The Hall–Kier alpha value is -0.610. The second-order valence-corrected chi connectivity index (χ2v) is 5.74. The van der Waals surface area contributed by atoms with E-state index in [0.717, 1.165) is 12.8 Å². The first-order chi connectivity index (χ1) is 7.39. The summed E-state index contributed by atoms with van der Waals surface area (Å²) < 4.78 is 5.46. The van der Waals surface area contributed by atoms with Crippen LogP contribution in [0.15, 0.2) is 0 Å². The number of nitrogens with zero attached hydrogens (tertiary/aromatic N) is 1. The minimum absolute atomic E-state index is 0.187. The van der Waals surface area contributed by atoms with E-state index < -0.39 is 11.5 Å². The number of hydrogen-bond acceptors (Lipinski definition) is 3. The lowest BCUT2D eigenvalue weighted by Crippen LogP contribution is -2.66. The molecule has 16 heavy (non-hydrogen) atoms. The van der Waals surface area contributed by atoms with Crippen LogP contribution in [-0.4, -0.2) is 46.8 Å². The monoisotopic (exact) mass is 227 g/mol. The molecular weight excluding hydrogens is 206 g/mol. The van der Waals surface area contributed by atoms with Gasteiger partial charge >= 0.3 is 5.97 Å². The van der Waals surface area contributed by atoms with Crippen molar-refractivity contribution in [3.8, 4) is 0 Å². The second kappa shape index (κ2) is 3.70. The predicted molar refractivity (Wildman–Crippen MR) is 60.4 cm³/mol. The van der Waals surface area contributed by atoms with E-state index in [0.29, 0.717) is 25.7 Å². The molecule has 0 bridgehead atoms. The van der Waals surface area contributed by atoms with Gasteiger partial charge < -0.3 is 9.84 Å². The zero-order chi connectivity index (χ0) is 12.0. The van der Waals surface area contributed by atoms with Crippen molar-refractivity contribution in [1.82, 2.24) is 4.90 Å². The van der Waals surface area contributed by atoms with E-state index in [9.17, 15) is 9.90 Å². The van der Waals surface area contributed by atoms with Crippen LogP contribution in [0.5, 0.6) is 0 Å². The number of ether oxygens (including phenoxy) is 1. The summed E-state index contributed by atoms with van der Waals surface area (Å²) in [5, 5.41) is 9.54. The first-order valence-corrected chi connectivity index (χ1v) is 5.98. The van der Waals surface area contributed by atoms with Gasteiger partial charge in [0.1, 0.15) is 5.54 Å². The van der Waals surface area contributed by atoms with Crippen LogP contribution in [0.25, 0.3) is 0 Å². The van der Waals surface area contributed by atoms with Crippen LogP contribution in [-0.2, 0) is 9.53 Å². The van der Waals surface area contributed by atoms with Gasteiger partial charge in [0.15, 0.2) is 0 Å². The lowest BCUT2D eigenvalue weighted by molar-refractivity contribution is -0.167. The molecule has 2 rings (SSSR count). The average molecular weight is 227 g/mol. The molecule has 2 fully saturated rings. The number of carboxylic acids is 1. The lowest BCUT2D eigenvalue weighted by atomic mass is 9.87. The van der Waals surface area contributed by atoms with E-state index in [1.165, 1.54) is 0 Å². The number of rotatable bonds is 3. The maximum Gasteiger partial charge on any atom is 0.324 e. The van der Waals surface area contributed by atoms with Crippen molar-refractivity contribution in [2.24, 2.45) is 5.92 Å². The van der Waals surface area contributed by atoms with Gasteiger partial charge in [0.2, 0.25) is 0 Å². The van der Waals surface area contributed by atoms with Crippen molar-refractivity contribution in [2.75, 3.05) is 19.8 Å².